The minimum Gasteiger partial charge on any atom is -0.382 e. The highest BCUT2D eigenvalue weighted by Crippen LogP contribution is 2.18. The monoisotopic (exact) mass is 214 g/mol. The summed E-state index contributed by atoms with van der Waals surface area (Å²) in [7, 11) is 0. The smallest absolute Gasteiger partial charge is 0.0478 e. The number of nitrogens with two attached hydrogens (primary N) is 1. The fourth-order valence-electron chi connectivity index (χ4n) is 2.26. The Morgan fingerprint density at radius 3 is 3.00 bits per heavy atom. The molecule has 1 saturated heterocycles. The summed E-state index contributed by atoms with van der Waals surface area (Å²) in [4.78, 5) is 2.54. The van der Waals surface area contributed by atoms with Crippen LogP contribution in [0.2, 0.25) is 0 Å². The number of likely N-dealkylation sites (tertiary alicyclic amines) is 1. The molecule has 0 bridgehead atoms. The summed E-state index contributed by atoms with van der Waals surface area (Å²) < 4.78 is 5.35. The van der Waals surface area contributed by atoms with Gasteiger partial charge in [-0.05, 0) is 45.6 Å². The Morgan fingerprint density at radius 1 is 1.53 bits per heavy atom. The van der Waals surface area contributed by atoms with Crippen LogP contribution in [-0.2, 0) is 4.74 Å². The van der Waals surface area contributed by atoms with Gasteiger partial charge in [0.25, 0.3) is 0 Å². The molecule has 3 nitrogen and oxygen atoms in total. The predicted octanol–water partition coefficient (Wildman–Crippen LogP) is 1.47. The van der Waals surface area contributed by atoms with Crippen molar-refractivity contribution in [3.8, 4) is 0 Å². The van der Waals surface area contributed by atoms with Crippen molar-refractivity contribution in [1.29, 1.82) is 0 Å². The van der Waals surface area contributed by atoms with Gasteiger partial charge in [-0.1, -0.05) is 0 Å². The third-order valence-corrected chi connectivity index (χ3v) is 3.25. The molecule has 0 radical (unpaired) electrons. The van der Waals surface area contributed by atoms with Crippen molar-refractivity contribution in [2.24, 2.45) is 11.7 Å². The van der Waals surface area contributed by atoms with E-state index in [4.69, 9.17) is 10.5 Å². The quantitative estimate of drug-likeness (QED) is 0.681. The average Bonchev–Trinajstić information content (AvgIpc) is 2.25. The van der Waals surface area contributed by atoms with E-state index in [0.29, 0.717) is 12.0 Å². The minimum atomic E-state index is 0.347. The molecule has 2 unspecified atom stereocenters. The van der Waals surface area contributed by atoms with Gasteiger partial charge in [-0.3, -0.25) is 0 Å². The van der Waals surface area contributed by atoms with Gasteiger partial charge < -0.3 is 15.4 Å². The van der Waals surface area contributed by atoms with Crippen molar-refractivity contribution in [2.75, 3.05) is 32.8 Å². The van der Waals surface area contributed by atoms with Crippen molar-refractivity contribution in [2.45, 2.75) is 39.2 Å². The molecule has 0 saturated carbocycles. The Morgan fingerprint density at radius 2 is 2.33 bits per heavy atom. The summed E-state index contributed by atoms with van der Waals surface area (Å²) in [5, 5.41) is 0. The molecular weight excluding hydrogens is 188 g/mol. The lowest BCUT2D eigenvalue weighted by atomic mass is 9.92. The van der Waals surface area contributed by atoms with Crippen molar-refractivity contribution in [3.05, 3.63) is 0 Å². The lowest BCUT2D eigenvalue weighted by molar-refractivity contribution is 0.114. The molecule has 1 aliphatic heterocycles. The van der Waals surface area contributed by atoms with Crippen LogP contribution in [0.3, 0.4) is 0 Å². The molecule has 3 heteroatoms. The van der Waals surface area contributed by atoms with E-state index in [1.54, 1.807) is 0 Å². The molecule has 15 heavy (non-hydrogen) atoms. The lowest BCUT2D eigenvalue weighted by Gasteiger charge is -2.34. The number of piperidine rings is 1. The Kier molecular flexibility index (Phi) is 6.22. The van der Waals surface area contributed by atoms with Gasteiger partial charge in [0.1, 0.15) is 0 Å². The lowest BCUT2D eigenvalue weighted by Crippen LogP contribution is -2.42. The van der Waals surface area contributed by atoms with Crippen LogP contribution in [0.5, 0.6) is 0 Å². The summed E-state index contributed by atoms with van der Waals surface area (Å²) in [5.74, 6) is 0.700. The molecule has 0 aromatic carbocycles. The Hall–Kier alpha value is -0.120. The highest BCUT2D eigenvalue weighted by molar-refractivity contribution is 4.78. The maximum atomic E-state index is 5.95. The summed E-state index contributed by atoms with van der Waals surface area (Å²) in [6.07, 6.45) is 3.76. The first kappa shape index (κ1) is 12.9. The first-order valence-corrected chi connectivity index (χ1v) is 6.29. The molecule has 0 aromatic heterocycles. The van der Waals surface area contributed by atoms with Gasteiger partial charge in [0.2, 0.25) is 0 Å². The van der Waals surface area contributed by atoms with Gasteiger partial charge in [0, 0.05) is 32.3 Å². The van der Waals surface area contributed by atoms with E-state index in [1.807, 2.05) is 6.92 Å². The molecule has 1 fully saturated rings. The number of ether oxygens (including phenoxy) is 1. The number of nitrogens with zero attached hydrogens (tertiary/aromatic N) is 1. The fourth-order valence-corrected chi connectivity index (χ4v) is 2.26. The van der Waals surface area contributed by atoms with E-state index in [0.717, 1.165) is 19.6 Å². The molecule has 0 amide bonds. The second-order valence-electron chi connectivity index (χ2n) is 4.61. The topological polar surface area (TPSA) is 38.5 Å². The summed E-state index contributed by atoms with van der Waals surface area (Å²) in [5.41, 5.74) is 5.95. The molecule has 90 valence electrons. The number of rotatable bonds is 6. The zero-order chi connectivity index (χ0) is 11.1. The van der Waals surface area contributed by atoms with E-state index >= 15 is 0 Å². The van der Waals surface area contributed by atoms with E-state index in [2.05, 4.69) is 11.8 Å². The molecule has 0 aromatic rings. The van der Waals surface area contributed by atoms with Gasteiger partial charge in [-0.2, -0.15) is 0 Å². The van der Waals surface area contributed by atoms with Crippen LogP contribution in [0.15, 0.2) is 0 Å². The van der Waals surface area contributed by atoms with E-state index < -0.39 is 0 Å². The van der Waals surface area contributed by atoms with Crippen LogP contribution in [0, 0.1) is 5.92 Å². The van der Waals surface area contributed by atoms with Crippen LogP contribution < -0.4 is 5.73 Å². The van der Waals surface area contributed by atoms with Gasteiger partial charge in [-0.15, -0.1) is 0 Å². The third kappa shape index (κ3) is 4.96. The summed E-state index contributed by atoms with van der Waals surface area (Å²) >= 11 is 0. The van der Waals surface area contributed by atoms with Crippen LogP contribution in [0.1, 0.15) is 33.1 Å². The number of hydrogen-bond donors (Lipinski definition) is 1. The van der Waals surface area contributed by atoms with Crippen molar-refractivity contribution in [3.63, 3.8) is 0 Å². The normalized spacial score (nSPS) is 25.4. The Bertz CT molecular complexity index is 162. The van der Waals surface area contributed by atoms with Gasteiger partial charge in [-0.25, -0.2) is 0 Å². The molecule has 0 spiro atoms. The third-order valence-electron chi connectivity index (χ3n) is 3.25. The molecule has 1 rings (SSSR count). The fraction of sp³-hybridized carbons (Fsp3) is 1.00. The summed E-state index contributed by atoms with van der Waals surface area (Å²) in [6.45, 7) is 9.52. The van der Waals surface area contributed by atoms with Crippen molar-refractivity contribution < 1.29 is 4.74 Å². The SMILES string of the molecule is CCOCCCN1CCCC(C(C)N)C1. The second kappa shape index (κ2) is 7.20. The highest BCUT2D eigenvalue weighted by Gasteiger charge is 2.21. The van der Waals surface area contributed by atoms with Crippen LogP contribution >= 0.6 is 0 Å². The van der Waals surface area contributed by atoms with Crippen molar-refractivity contribution in [1.82, 2.24) is 4.90 Å². The van der Waals surface area contributed by atoms with Crippen LogP contribution in [0.4, 0.5) is 0 Å². The van der Waals surface area contributed by atoms with E-state index in [9.17, 15) is 0 Å². The molecular formula is C12H26N2O. The van der Waals surface area contributed by atoms with E-state index in [-0.39, 0.29) is 0 Å². The van der Waals surface area contributed by atoms with Gasteiger partial charge in [0.05, 0.1) is 0 Å². The first-order valence-electron chi connectivity index (χ1n) is 6.29. The van der Waals surface area contributed by atoms with Crippen LogP contribution in [0.25, 0.3) is 0 Å². The molecule has 2 atom stereocenters. The largest absolute Gasteiger partial charge is 0.382 e. The van der Waals surface area contributed by atoms with Gasteiger partial charge in [0.15, 0.2) is 0 Å². The maximum Gasteiger partial charge on any atom is 0.0478 e. The molecule has 1 heterocycles. The minimum absolute atomic E-state index is 0.347. The van der Waals surface area contributed by atoms with Gasteiger partial charge >= 0.3 is 0 Å². The average molecular weight is 214 g/mol. The maximum absolute atomic E-state index is 5.95. The molecule has 0 aliphatic carbocycles. The standard InChI is InChI=1S/C12H26N2O/c1-3-15-9-5-8-14-7-4-6-12(10-14)11(2)13/h11-12H,3-10,13H2,1-2H3. The Labute approximate surface area is 94.0 Å². The Balaban J connectivity index is 2.13. The zero-order valence-corrected chi connectivity index (χ0v) is 10.2. The van der Waals surface area contributed by atoms with Crippen LogP contribution in [-0.4, -0.2) is 43.8 Å². The first-order chi connectivity index (χ1) is 7.24. The number of hydrogen-bond acceptors (Lipinski definition) is 3. The predicted molar refractivity (Wildman–Crippen MR) is 63.9 cm³/mol. The molecule has 1 aliphatic rings. The summed E-state index contributed by atoms with van der Waals surface area (Å²) in [6, 6.07) is 0.347. The molecule has 2 N–H and O–H groups in total. The van der Waals surface area contributed by atoms with E-state index in [1.165, 1.54) is 32.5 Å². The highest BCUT2D eigenvalue weighted by atomic mass is 16.5. The second-order valence-corrected chi connectivity index (χ2v) is 4.61. The zero-order valence-electron chi connectivity index (χ0n) is 10.2. The van der Waals surface area contributed by atoms with Crippen molar-refractivity contribution >= 4 is 0 Å².